The van der Waals surface area contributed by atoms with Crippen LogP contribution in [0.4, 0.5) is 4.79 Å². The minimum atomic E-state index is -0.839. The number of carboxylic acids is 1. The van der Waals surface area contributed by atoms with Gasteiger partial charge in [0.05, 0.1) is 6.54 Å². The second kappa shape index (κ2) is 7.70. The highest BCUT2D eigenvalue weighted by molar-refractivity contribution is 5.93. The molecule has 0 bridgehead atoms. The second-order valence-electron chi connectivity index (χ2n) is 4.53. The van der Waals surface area contributed by atoms with E-state index in [1.807, 2.05) is 10.2 Å². The van der Waals surface area contributed by atoms with Crippen molar-refractivity contribution in [2.45, 2.75) is 12.8 Å². The van der Waals surface area contributed by atoms with Crippen LogP contribution in [-0.2, 0) is 9.59 Å². The summed E-state index contributed by atoms with van der Waals surface area (Å²) < 4.78 is 0. The molecule has 0 atom stereocenters. The number of hydrogen-bond donors (Lipinski definition) is 3. The summed E-state index contributed by atoms with van der Waals surface area (Å²) in [5, 5.41) is 10.7. The fraction of sp³-hybridized carbons (Fsp3) is 0.727. The SMILES string of the molecule is NC(=O)NC(=O)CCN1CCCN(CC(=O)O)CC1. The number of imide groups is 1. The normalized spacial score (nSPS) is 17.7. The van der Waals surface area contributed by atoms with Crippen LogP contribution in [0.5, 0.6) is 0 Å². The summed E-state index contributed by atoms with van der Waals surface area (Å²) in [7, 11) is 0. The molecule has 19 heavy (non-hydrogen) atoms. The lowest BCUT2D eigenvalue weighted by molar-refractivity contribution is -0.138. The van der Waals surface area contributed by atoms with E-state index in [2.05, 4.69) is 4.90 Å². The van der Waals surface area contributed by atoms with Crippen LogP contribution >= 0.6 is 0 Å². The third-order valence-corrected chi connectivity index (χ3v) is 2.96. The van der Waals surface area contributed by atoms with Gasteiger partial charge < -0.3 is 15.7 Å². The van der Waals surface area contributed by atoms with Crippen molar-refractivity contribution in [3.05, 3.63) is 0 Å². The van der Waals surface area contributed by atoms with Crippen LogP contribution in [0.15, 0.2) is 0 Å². The number of carbonyl (C=O) groups is 3. The Kier molecular flexibility index (Phi) is 6.23. The number of carbonyl (C=O) groups excluding carboxylic acids is 2. The van der Waals surface area contributed by atoms with Gasteiger partial charge in [0.25, 0.3) is 0 Å². The van der Waals surface area contributed by atoms with Gasteiger partial charge >= 0.3 is 12.0 Å². The third-order valence-electron chi connectivity index (χ3n) is 2.96. The van der Waals surface area contributed by atoms with Crippen LogP contribution < -0.4 is 11.1 Å². The van der Waals surface area contributed by atoms with E-state index in [-0.39, 0.29) is 18.9 Å². The highest BCUT2D eigenvalue weighted by Crippen LogP contribution is 2.03. The van der Waals surface area contributed by atoms with Crippen molar-refractivity contribution in [1.29, 1.82) is 0 Å². The number of rotatable bonds is 5. The van der Waals surface area contributed by atoms with E-state index in [4.69, 9.17) is 10.8 Å². The Labute approximate surface area is 111 Å². The molecule has 4 N–H and O–H groups in total. The third kappa shape index (κ3) is 6.73. The average Bonchev–Trinajstić information content (AvgIpc) is 2.50. The molecule has 0 aromatic rings. The first kappa shape index (κ1) is 15.4. The van der Waals surface area contributed by atoms with E-state index in [9.17, 15) is 14.4 Å². The van der Waals surface area contributed by atoms with E-state index in [1.54, 1.807) is 0 Å². The Morgan fingerprint density at radius 3 is 2.37 bits per heavy atom. The van der Waals surface area contributed by atoms with Crippen LogP contribution in [0.3, 0.4) is 0 Å². The molecular formula is C11H20N4O4. The van der Waals surface area contributed by atoms with Gasteiger partial charge in [-0.3, -0.25) is 19.8 Å². The van der Waals surface area contributed by atoms with Crippen molar-refractivity contribution in [2.75, 3.05) is 39.3 Å². The Bertz CT molecular complexity index is 348. The molecule has 1 rings (SSSR count). The van der Waals surface area contributed by atoms with Crippen LogP contribution in [-0.4, -0.2) is 72.1 Å². The first-order chi connectivity index (χ1) is 8.97. The number of urea groups is 1. The van der Waals surface area contributed by atoms with Gasteiger partial charge in [-0.1, -0.05) is 0 Å². The molecule has 0 radical (unpaired) electrons. The number of hydrogen-bond acceptors (Lipinski definition) is 5. The summed E-state index contributed by atoms with van der Waals surface area (Å²) in [6.45, 7) is 3.55. The quantitative estimate of drug-likeness (QED) is 0.570. The number of aliphatic carboxylic acids is 1. The summed E-state index contributed by atoms with van der Waals surface area (Å²) in [4.78, 5) is 36.3. The molecule has 0 aliphatic carbocycles. The van der Waals surface area contributed by atoms with Gasteiger partial charge in [-0.25, -0.2) is 4.79 Å². The van der Waals surface area contributed by atoms with Gasteiger partial charge in [-0.2, -0.15) is 0 Å². The largest absolute Gasteiger partial charge is 0.480 e. The van der Waals surface area contributed by atoms with E-state index >= 15 is 0 Å². The summed E-state index contributed by atoms with van der Waals surface area (Å²) in [5.74, 6) is -1.21. The highest BCUT2D eigenvalue weighted by Gasteiger charge is 2.17. The van der Waals surface area contributed by atoms with E-state index in [0.717, 1.165) is 26.1 Å². The van der Waals surface area contributed by atoms with Gasteiger partial charge in [0, 0.05) is 32.6 Å². The molecule has 0 unspecified atom stereocenters. The van der Waals surface area contributed by atoms with Crippen molar-refractivity contribution in [3.8, 4) is 0 Å². The minimum absolute atomic E-state index is 0.0516. The molecule has 0 aromatic heterocycles. The zero-order valence-corrected chi connectivity index (χ0v) is 10.8. The van der Waals surface area contributed by atoms with Crippen molar-refractivity contribution >= 4 is 17.9 Å². The average molecular weight is 272 g/mol. The number of nitrogens with zero attached hydrogens (tertiary/aromatic N) is 2. The van der Waals surface area contributed by atoms with Crippen LogP contribution in [0.2, 0.25) is 0 Å². The molecule has 0 saturated carbocycles. The molecule has 3 amide bonds. The molecule has 1 heterocycles. The first-order valence-corrected chi connectivity index (χ1v) is 6.23. The zero-order valence-electron chi connectivity index (χ0n) is 10.8. The maximum Gasteiger partial charge on any atom is 0.318 e. The van der Waals surface area contributed by atoms with E-state index in [0.29, 0.717) is 13.1 Å². The standard InChI is InChI=1S/C11H20N4O4/c12-11(19)13-9(16)2-5-14-3-1-4-15(7-6-14)8-10(17)18/h1-8H2,(H,17,18)(H3,12,13,16,19). The number of nitrogens with one attached hydrogen (secondary N) is 1. The van der Waals surface area contributed by atoms with Gasteiger partial charge in [0.2, 0.25) is 5.91 Å². The molecule has 0 spiro atoms. The van der Waals surface area contributed by atoms with Gasteiger partial charge in [0.1, 0.15) is 0 Å². The molecule has 8 heteroatoms. The Hall–Kier alpha value is -1.67. The fourth-order valence-electron chi connectivity index (χ4n) is 2.06. The van der Waals surface area contributed by atoms with Crippen molar-refractivity contribution in [3.63, 3.8) is 0 Å². The number of nitrogens with two attached hydrogens (primary N) is 1. The van der Waals surface area contributed by atoms with E-state index in [1.165, 1.54) is 0 Å². The number of primary amides is 1. The molecule has 0 aromatic carbocycles. The Balaban J connectivity index is 2.27. The molecule has 108 valence electrons. The van der Waals surface area contributed by atoms with Crippen molar-refractivity contribution < 1.29 is 19.5 Å². The Morgan fingerprint density at radius 2 is 1.74 bits per heavy atom. The summed E-state index contributed by atoms with van der Waals surface area (Å²) >= 11 is 0. The lowest BCUT2D eigenvalue weighted by Crippen LogP contribution is -2.38. The maximum absolute atomic E-state index is 11.3. The summed E-state index contributed by atoms with van der Waals surface area (Å²) in [5.41, 5.74) is 4.84. The monoisotopic (exact) mass is 272 g/mol. The van der Waals surface area contributed by atoms with Crippen molar-refractivity contribution in [2.24, 2.45) is 5.73 Å². The second-order valence-corrected chi connectivity index (χ2v) is 4.53. The van der Waals surface area contributed by atoms with E-state index < -0.39 is 12.0 Å². The Morgan fingerprint density at radius 1 is 1.11 bits per heavy atom. The molecule has 8 nitrogen and oxygen atoms in total. The molecule has 1 fully saturated rings. The highest BCUT2D eigenvalue weighted by atomic mass is 16.4. The fourth-order valence-corrected chi connectivity index (χ4v) is 2.06. The first-order valence-electron chi connectivity index (χ1n) is 6.23. The lowest BCUT2D eigenvalue weighted by atomic mass is 10.3. The summed E-state index contributed by atoms with van der Waals surface area (Å²) in [6, 6.07) is -0.839. The molecular weight excluding hydrogens is 252 g/mol. The van der Waals surface area contributed by atoms with Gasteiger partial charge in [-0.05, 0) is 13.0 Å². The predicted octanol–water partition coefficient (Wildman–Crippen LogP) is -1.34. The zero-order chi connectivity index (χ0) is 14.3. The van der Waals surface area contributed by atoms with Crippen LogP contribution in [0, 0.1) is 0 Å². The number of carboxylic acid groups (broad SMARTS) is 1. The minimum Gasteiger partial charge on any atom is -0.480 e. The smallest absolute Gasteiger partial charge is 0.318 e. The number of amides is 3. The lowest BCUT2D eigenvalue weighted by Gasteiger charge is -2.20. The molecule has 1 aliphatic heterocycles. The summed E-state index contributed by atoms with van der Waals surface area (Å²) in [6.07, 6.45) is 1.08. The van der Waals surface area contributed by atoms with Crippen molar-refractivity contribution in [1.82, 2.24) is 15.1 Å². The van der Waals surface area contributed by atoms with Crippen LogP contribution in [0.1, 0.15) is 12.8 Å². The van der Waals surface area contributed by atoms with Gasteiger partial charge in [0.15, 0.2) is 0 Å². The molecule has 1 aliphatic rings. The maximum atomic E-state index is 11.3. The molecule has 1 saturated heterocycles. The van der Waals surface area contributed by atoms with Gasteiger partial charge in [-0.15, -0.1) is 0 Å². The van der Waals surface area contributed by atoms with Crippen LogP contribution in [0.25, 0.3) is 0 Å². The predicted molar refractivity (Wildman–Crippen MR) is 67.5 cm³/mol. The topological polar surface area (TPSA) is 116 Å².